The molecule has 0 saturated heterocycles. The van der Waals surface area contributed by atoms with E-state index in [0.717, 1.165) is 0 Å². The molecule has 1 rings (SSSR count). The number of carbonyl (C=O) groups is 2. The number of rotatable bonds is 5. The van der Waals surface area contributed by atoms with Crippen LogP contribution in [0.4, 0.5) is 0 Å². The maximum atomic E-state index is 10.8. The lowest BCUT2D eigenvalue weighted by molar-refractivity contribution is 0.0683. The van der Waals surface area contributed by atoms with Crippen molar-refractivity contribution in [3.05, 3.63) is 23.5 Å². The first kappa shape index (κ1) is 13.0. The molecule has 0 aliphatic heterocycles. The predicted octanol–water partition coefficient (Wildman–Crippen LogP) is 1.51. The zero-order valence-corrected chi connectivity index (χ0v) is 9.51. The molecule has 0 amide bonds. The van der Waals surface area contributed by atoms with Gasteiger partial charge in [-0.25, -0.2) is 14.6 Å². The number of hydrogen-bond acceptors (Lipinski definition) is 4. The summed E-state index contributed by atoms with van der Waals surface area (Å²) in [5.41, 5.74) is -0.688. The Morgan fingerprint density at radius 1 is 1.24 bits per heavy atom. The van der Waals surface area contributed by atoms with Gasteiger partial charge < -0.3 is 14.9 Å². The van der Waals surface area contributed by atoms with Gasteiger partial charge in [0.15, 0.2) is 11.4 Å². The van der Waals surface area contributed by atoms with Crippen molar-refractivity contribution in [1.29, 1.82) is 0 Å². The summed E-state index contributed by atoms with van der Waals surface area (Å²) in [7, 11) is 0. The first-order valence-corrected chi connectivity index (χ1v) is 5.01. The maximum absolute atomic E-state index is 10.8. The van der Waals surface area contributed by atoms with Gasteiger partial charge in [0.1, 0.15) is 5.75 Å². The second-order valence-electron chi connectivity index (χ2n) is 3.89. The van der Waals surface area contributed by atoms with Gasteiger partial charge in [0.2, 0.25) is 0 Å². The van der Waals surface area contributed by atoms with Gasteiger partial charge in [0, 0.05) is 12.1 Å². The quantitative estimate of drug-likeness (QED) is 0.808. The van der Waals surface area contributed by atoms with Crippen LogP contribution in [0.25, 0.3) is 0 Å². The summed E-state index contributed by atoms with van der Waals surface area (Å²) in [4.78, 5) is 25.0. The minimum absolute atomic E-state index is 0.198. The normalized spacial score (nSPS) is 10.3. The Morgan fingerprint density at radius 3 is 2.06 bits per heavy atom. The minimum Gasteiger partial charge on any atom is -0.493 e. The number of aromatic carboxylic acids is 2. The van der Waals surface area contributed by atoms with Crippen molar-refractivity contribution >= 4 is 11.9 Å². The molecule has 0 aromatic carbocycles. The van der Waals surface area contributed by atoms with Crippen LogP contribution in [0.1, 0.15) is 34.8 Å². The number of carboxylic acid groups (broad SMARTS) is 2. The number of pyridine rings is 1. The molecule has 6 heteroatoms. The fourth-order valence-electron chi connectivity index (χ4n) is 1.07. The van der Waals surface area contributed by atoms with E-state index >= 15 is 0 Å². The van der Waals surface area contributed by atoms with Crippen LogP contribution in [-0.2, 0) is 0 Å². The Hall–Kier alpha value is -2.11. The highest BCUT2D eigenvalue weighted by Gasteiger charge is 2.14. The Bertz CT molecular complexity index is 409. The molecular weight excluding hydrogens is 226 g/mol. The zero-order valence-electron chi connectivity index (χ0n) is 9.51. The van der Waals surface area contributed by atoms with Gasteiger partial charge in [-0.05, 0) is 5.92 Å². The average molecular weight is 239 g/mol. The molecule has 2 N–H and O–H groups in total. The van der Waals surface area contributed by atoms with Crippen LogP contribution in [0.2, 0.25) is 0 Å². The molecule has 0 spiro atoms. The van der Waals surface area contributed by atoms with Gasteiger partial charge in [-0.15, -0.1) is 0 Å². The zero-order chi connectivity index (χ0) is 13.0. The van der Waals surface area contributed by atoms with Crippen molar-refractivity contribution in [3.63, 3.8) is 0 Å². The van der Waals surface area contributed by atoms with Crippen LogP contribution in [0.5, 0.6) is 5.75 Å². The van der Waals surface area contributed by atoms with E-state index in [1.807, 2.05) is 13.8 Å². The highest BCUT2D eigenvalue weighted by Crippen LogP contribution is 2.15. The Morgan fingerprint density at radius 2 is 1.71 bits per heavy atom. The van der Waals surface area contributed by atoms with E-state index in [2.05, 4.69) is 4.98 Å². The number of ether oxygens (including phenoxy) is 1. The van der Waals surface area contributed by atoms with Crippen molar-refractivity contribution in [2.24, 2.45) is 5.92 Å². The van der Waals surface area contributed by atoms with Crippen LogP contribution in [0, 0.1) is 5.92 Å². The van der Waals surface area contributed by atoms with E-state index in [9.17, 15) is 9.59 Å². The molecule has 1 heterocycles. The molecule has 0 aliphatic rings. The minimum atomic E-state index is -1.29. The van der Waals surface area contributed by atoms with E-state index in [1.54, 1.807) is 0 Å². The fourth-order valence-corrected chi connectivity index (χ4v) is 1.07. The third-order valence-electron chi connectivity index (χ3n) is 1.82. The lowest BCUT2D eigenvalue weighted by Gasteiger charge is -2.09. The molecule has 6 nitrogen and oxygen atoms in total. The summed E-state index contributed by atoms with van der Waals surface area (Å²) in [6.07, 6.45) is 0. The average Bonchev–Trinajstić information content (AvgIpc) is 2.25. The predicted molar refractivity (Wildman–Crippen MR) is 58.5 cm³/mol. The summed E-state index contributed by atoms with van der Waals surface area (Å²) >= 11 is 0. The van der Waals surface area contributed by atoms with Crippen LogP contribution >= 0.6 is 0 Å². The third kappa shape index (κ3) is 3.75. The number of nitrogens with zero attached hydrogens (tertiary/aromatic N) is 1. The monoisotopic (exact) mass is 239 g/mol. The summed E-state index contributed by atoms with van der Waals surface area (Å²) in [6.45, 7) is 4.23. The molecular formula is C11H13NO5. The van der Waals surface area contributed by atoms with E-state index in [-0.39, 0.29) is 23.1 Å². The van der Waals surface area contributed by atoms with Gasteiger partial charge in [0.25, 0.3) is 0 Å². The summed E-state index contributed by atoms with van der Waals surface area (Å²) in [5.74, 6) is -2.13. The van der Waals surface area contributed by atoms with Crippen molar-refractivity contribution in [3.8, 4) is 5.75 Å². The lowest BCUT2D eigenvalue weighted by atomic mass is 10.2. The number of aromatic nitrogens is 1. The molecule has 1 aromatic heterocycles. The Balaban J connectivity index is 3.04. The first-order valence-electron chi connectivity index (χ1n) is 5.01. The summed E-state index contributed by atoms with van der Waals surface area (Å²) in [5, 5.41) is 17.6. The van der Waals surface area contributed by atoms with Gasteiger partial charge >= 0.3 is 11.9 Å². The standard InChI is InChI=1S/C11H13NO5/c1-6(2)5-17-7-3-8(10(13)14)12-9(4-7)11(15)16/h3-4,6H,5H2,1-2H3,(H,13,14)(H,15,16). The van der Waals surface area contributed by atoms with E-state index in [1.165, 1.54) is 12.1 Å². The molecule has 17 heavy (non-hydrogen) atoms. The lowest BCUT2D eigenvalue weighted by Crippen LogP contribution is -2.10. The first-order chi connectivity index (χ1) is 7.90. The topological polar surface area (TPSA) is 96.7 Å². The molecule has 0 fully saturated rings. The van der Waals surface area contributed by atoms with E-state index in [4.69, 9.17) is 14.9 Å². The Kier molecular flexibility index (Phi) is 4.03. The van der Waals surface area contributed by atoms with Crippen molar-refractivity contribution < 1.29 is 24.5 Å². The fraction of sp³-hybridized carbons (Fsp3) is 0.364. The van der Waals surface area contributed by atoms with Gasteiger partial charge in [0.05, 0.1) is 6.61 Å². The molecule has 0 unspecified atom stereocenters. The SMILES string of the molecule is CC(C)COc1cc(C(=O)O)nc(C(=O)O)c1. The van der Waals surface area contributed by atoms with Crippen LogP contribution in [0.15, 0.2) is 12.1 Å². The molecule has 0 bridgehead atoms. The van der Waals surface area contributed by atoms with Gasteiger partial charge in [-0.3, -0.25) is 0 Å². The summed E-state index contributed by atoms with van der Waals surface area (Å²) in [6, 6.07) is 2.41. The largest absolute Gasteiger partial charge is 0.493 e. The molecule has 0 atom stereocenters. The smallest absolute Gasteiger partial charge is 0.354 e. The highest BCUT2D eigenvalue weighted by molar-refractivity contribution is 5.90. The van der Waals surface area contributed by atoms with Crippen molar-refractivity contribution in [1.82, 2.24) is 4.98 Å². The van der Waals surface area contributed by atoms with Gasteiger partial charge in [-0.2, -0.15) is 0 Å². The van der Waals surface area contributed by atoms with Crippen LogP contribution in [-0.4, -0.2) is 33.7 Å². The summed E-state index contributed by atoms with van der Waals surface area (Å²) < 4.78 is 5.28. The molecule has 0 saturated carbocycles. The van der Waals surface area contributed by atoms with Crippen molar-refractivity contribution in [2.45, 2.75) is 13.8 Å². The number of carboxylic acids is 2. The maximum Gasteiger partial charge on any atom is 0.354 e. The third-order valence-corrected chi connectivity index (χ3v) is 1.82. The molecule has 92 valence electrons. The van der Waals surface area contributed by atoms with Gasteiger partial charge in [-0.1, -0.05) is 13.8 Å². The second kappa shape index (κ2) is 5.29. The van der Waals surface area contributed by atoms with Crippen LogP contribution in [0.3, 0.4) is 0 Å². The molecule has 0 radical (unpaired) electrons. The highest BCUT2D eigenvalue weighted by atomic mass is 16.5. The second-order valence-corrected chi connectivity index (χ2v) is 3.89. The van der Waals surface area contributed by atoms with Crippen molar-refractivity contribution in [2.75, 3.05) is 6.61 Å². The van der Waals surface area contributed by atoms with Crippen LogP contribution < -0.4 is 4.74 Å². The van der Waals surface area contributed by atoms with E-state index < -0.39 is 11.9 Å². The van der Waals surface area contributed by atoms with E-state index in [0.29, 0.717) is 6.61 Å². The molecule has 1 aromatic rings. The Labute approximate surface area is 97.9 Å². The number of hydrogen-bond donors (Lipinski definition) is 2. The molecule has 0 aliphatic carbocycles.